The number of guanidine groups is 1. The van der Waals surface area contributed by atoms with Gasteiger partial charge in [0.2, 0.25) is 0 Å². The van der Waals surface area contributed by atoms with Crippen molar-refractivity contribution in [2.75, 3.05) is 27.4 Å². The Morgan fingerprint density at radius 3 is 1.73 bits per heavy atom. The fourth-order valence-corrected chi connectivity index (χ4v) is 0.620. The van der Waals surface area contributed by atoms with Crippen LogP contribution in [0.25, 0.3) is 0 Å². The summed E-state index contributed by atoms with van der Waals surface area (Å²) >= 11 is 0. The molecule has 0 heterocycles. The van der Waals surface area contributed by atoms with E-state index in [2.05, 4.69) is 10.6 Å². The van der Waals surface area contributed by atoms with E-state index in [1.165, 1.54) is 0 Å². The molecule has 0 unspecified atom stereocenters. The van der Waals surface area contributed by atoms with Gasteiger partial charge >= 0.3 is 5.96 Å². The predicted octanol–water partition coefficient (Wildman–Crippen LogP) is -5.37. The van der Waals surface area contributed by atoms with Gasteiger partial charge in [-0.3, -0.25) is 22.1 Å². The van der Waals surface area contributed by atoms with Gasteiger partial charge < -0.3 is 12.4 Å². The summed E-state index contributed by atoms with van der Waals surface area (Å²) in [7, 11) is 3.68. The van der Waals surface area contributed by atoms with Crippen molar-refractivity contribution < 1.29 is 17.0 Å². The normalized spacial score (nSPS) is 8.55. The Kier molecular flexibility index (Phi) is 9.03. The Balaban J connectivity index is 0. The predicted molar refractivity (Wildman–Crippen MR) is 41.5 cm³/mol. The summed E-state index contributed by atoms with van der Waals surface area (Å²) in [4.78, 5) is 0. The molecule has 0 aromatic carbocycles. The molecule has 0 aliphatic carbocycles. The molecule has 0 spiro atoms. The molecule has 0 radical (unpaired) electrons. The molecule has 0 amide bonds. The first-order chi connectivity index (χ1) is 4.72. The zero-order valence-corrected chi connectivity index (χ0v) is 7.65. The zero-order valence-electron chi connectivity index (χ0n) is 6.89. The maximum atomic E-state index is 5.35. The molecule has 0 saturated heterocycles. The minimum atomic E-state index is 0. The third-order valence-corrected chi connectivity index (χ3v) is 1.06. The van der Waals surface area contributed by atoms with E-state index >= 15 is 0 Å². The first-order valence-electron chi connectivity index (χ1n) is 3.14. The van der Waals surface area contributed by atoms with Crippen molar-refractivity contribution in [1.29, 1.82) is 0 Å². The van der Waals surface area contributed by atoms with Gasteiger partial charge in [-0.1, -0.05) is 0 Å². The maximum absolute atomic E-state index is 5.35. The summed E-state index contributed by atoms with van der Waals surface area (Å²) in [6.45, 7) is 1.31. The molecule has 6 N–H and O–H groups in total. The van der Waals surface area contributed by atoms with E-state index in [1.54, 1.807) is 4.58 Å². The zero-order chi connectivity index (χ0) is 7.98. The van der Waals surface area contributed by atoms with Crippen LogP contribution in [0.4, 0.5) is 0 Å². The van der Waals surface area contributed by atoms with Crippen molar-refractivity contribution >= 4 is 5.96 Å². The second-order valence-corrected chi connectivity index (χ2v) is 1.99. The van der Waals surface area contributed by atoms with E-state index in [0.717, 1.165) is 0 Å². The van der Waals surface area contributed by atoms with Crippen molar-refractivity contribution in [1.82, 2.24) is 10.6 Å². The Morgan fingerprint density at radius 1 is 1.18 bits per heavy atom. The van der Waals surface area contributed by atoms with Gasteiger partial charge in [-0.05, 0) is 14.1 Å². The van der Waals surface area contributed by atoms with E-state index in [0.29, 0.717) is 19.3 Å². The largest absolute Gasteiger partial charge is 1.00 e. The van der Waals surface area contributed by atoms with Crippen LogP contribution >= 0.6 is 0 Å². The summed E-state index contributed by atoms with van der Waals surface area (Å²) in [5, 5.41) is 5.88. The molecule has 0 aliphatic rings. The van der Waals surface area contributed by atoms with Crippen LogP contribution in [0.5, 0.6) is 0 Å². The Hall–Kier alpha value is -0.520. The molecular formula is C5H16ClN5. The number of nitrogens with two attached hydrogens (primary N) is 2. The lowest BCUT2D eigenvalue weighted by Crippen LogP contribution is -3.00. The Labute approximate surface area is 73.2 Å². The second kappa shape index (κ2) is 7.59. The van der Waals surface area contributed by atoms with E-state index in [9.17, 15) is 0 Å². The average Bonchev–Trinajstić information content (AvgIpc) is 1.87. The van der Waals surface area contributed by atoms with Crippen molar-refractivity contribution in [2.24, 2.45) is 11.5 Å². The quantitative estimate of drug-likeness (QED) is 0.151. The third kappa shape index (κ3) is 5.90. The van der Waals surface area contributed by atoms with Crippen LogP contribution in [0.15, 0.2) is 0 Å². The molecule has 0 bridgehead atoms. The molecule has 11 heavy (non-hydrogen) atoms. The second-order valence-electron chi connectivity index (χ2n) is 1.99. The van der Waals surface area contributed by atoms with Gasteiger partial charge in [-0.15, -0.1) is 0 Å². The van der Waals surface area contributed by atoms with Gasteiger partial charge in [-0.25, -0.2) is 4.58 Å². The van der Waals surface area contributed by atoms with E-state index < -0.39 is 0 Å². The van der Waals surface area contributed by atoms with Crippen LogP contribution in [0.3, 0.4) is 0 Å². The number of nitrogens with one attached hydrogen (secondary N) is 2. The van der Waals surface area contributed by atoms with Gasteiger partial charge in [0.15, 0.2) is 0 Å². The number of rotatable bonds is 4. The van der Waals surface area contributed by atoms with Crippen LogP contribution in [0, 0.1) is 0 Å². The summed E-state index contributed by atoms with van der Waals surface area (Å²) in [6, 6.07) is 0. The highest BCUT2D eigenvalue weighted by Gasteiger charge is 1.98. The summed E-state index contributed by atoms with van der Waals surface area (Å²) in [5.41, 5.74) is 10.7. The number of hydrogen-bond donors (Lipinski definition) is 4. The average molecular weight is 182 g/mol. The molecule has 0 saturated carbocycles. The lowest BCUT2D eigenvalue weighted by molar-refractivity contribution is -0.538. The SMILES string of the molecule is CNC[N+](CNC)=C(N)N.[Cl-]. The van der Waals surface area contributed by atoms with Gasteiger partial charge in [-0.2, -0.15) is 0 Å². The van der Waals surface area contributed by atoms with Gasteiger partial charge in [0.05, 0.1) is 0 Å². The Morgan fingerprint density at radius 2 is 1.55 bits per heavy atom. The topological polar surface area (TPSA) is 79.1 Å². The van der Waals surface area contributed by atoms with Crippen LogP contribution in [-0.2, 0) is 0 Å². The summed E-state index contributed by atoms with van der Waals surface area (Å²) in [6.07, 6.45) is 0. The van der Waals surface area contributed by atoms with Crippen molar-refractivity contribution in [2.45, 2.75) is 0 Å². The van der Waals surface area contributed by atoms with Crippen LogP contribution in [0.1, 0.15) is 0 Å². The first-order valence-corrected chi connectivity index (χ1v) is 3.14. The van der Waals surface area contributed by atoms with E-state index in [4.69, 9.17) is 11.5 Å². The number of nitrogens with zero attached hydrogens (tertiary/aromatic N) is 1. The van der Waals surface area contributed by atoms with Crippen molar-refractivity contribution in [3.8, 4) is 0 Å². The smallest absolute Gasteiger partial charge is 0.343 e. The highest BCUT2D eigenvalue weighted by Crippen LogP contribution is 1.64. The first kappa shape index (κ1) is 13.1. The number of hydrogen-bond acceptors (Lipinski definition) is 2. The van der Waals surface area contributed by atoms with Gasteiger partial charge in [0.25, 0.3) is 0 Å². The maximum Gasteiger partial charge on any atom is 0.343 e. The lowest BCUT2D eigenvalue weighted by Gasteiger charge is -2.06. The molecule has 0 rings (SSSR count). The van der Waals surface area contributed by atoms with Gasteiger partial charge in [0.1, 0.15) is 13.3 Å². The van der Waals surface area contributed by atoms with Crippen LogP contribution < -0.4 is 34.5 Å². The molecule has 0 aliphatic heterocycles. The minimum absolute atomic E-state index is 0. The van der Waals surface area contributed by atoms with Crippen molar-refractivity contribution in [3.05, 3.63) is 0 Å². The highest BCUT2D eigenvalue weighted by molar-refractivity contribution is 5.70. The molecule has 5 nitrogen and oxygen atoms in total. The van der Waals surface area contributed by atoms with E-state index in [1.807, 2.05) is 14.1 Å². The molecule has 0 aromatic rings. The third-order valence-electron chi connectivity index (χ3n) is 1.06. The summed E-state index contributed by atoms with van der Waals surface area (Å²) < 4.78 is 1.78. The molecule has 0 atom stereocenters. The van der Waals surface area contributed by atoms with E-state index in [-0.39, 0.29) is 12.4 Å². The monoisotopic (exact) mass is 181 g/mol. The molecule has 0 fully saturated rings. The fraction of sp³-hybridized carbons (Fsp3) is 0.800. The van der Waals surface area contributed by atoms with Crippen LogP contribution in [-0.4, -0.2) is 38.0 Å². The molecule has 6 heteroatoms. The fourth-order valence-electron chi connectivity index (χ4n) is 0.620. The Bertz CT molecular complexity index is 112. The lowest BCUT2D eigenvalue weighted by atomic mass is 10.8. The van der Waals surface area contributed by atoms with Crippen LogP contribution in [0.2, 0.25) is 0 Å². The van der Waals surface area contributed by atoms with Crippen molar-refractivity contribution in [3.63, 3.8) is 0 Å². The minimum Gasteiger partial charge on any atom is -1.00 e. The summed E-state index contributed by atoms with van der Waals surface area (Å²) in [5.74, 6) is 0.323. The molecule has 68 valence electrons. The molecule has 0 aromatic heterocycles. The molecular weight excluding hydrogens is 166 g/mol. The standard InChI is InChI=1S/C5H15N5.ClH/c1-8-3-10(4-9-2)5(6)7;/h8-9H,3-4H2,1-2H3,(H3,6,7);1H. The van der Waals surface area contributed by atoms with Gasteiger partial charge in [0, 0.05) is 0 Å². The number of halogens is 1. The highest BCUT2D eigenvalue weighted by atomic mass is 35.5.